The number of rotatable bonds is 3. The lowest BCUT2D eigenvalue weighted by molar-refractivity contribution is -0.140. The number of amides is 1. The molecule has 0 saturated carbocycles. The standard InChI is InChI=1S/C16H20N2O3/c19-15(20)8-12-5-3-7-18(12)16(21)14-10-17-9-11-4-1-2-6-13(11)14/h1-2,4,6,12,14,17H,3,5,7-10H2,(H,19,20). The number of nitrogens with one attached hydrogen (secondary N) is 1. The largest absolute Gasteiger partial charge is 0.481 e. The summed E-state index contributed by atoms with van der Waals surface area (Å²) >= 11 is 0. The van der Waals surface area contributed by atoms with Crippen LogP contribution in [-0.2, 0) is 16.1 Å². The summed E-state index contributed by atoms with van der Waals surface area (Å²) in [5.41, 5.74) is 2.25. The van der Waals surface area contributed by atoms with Crippen LogP contribution in [0.4, 0.5) is 0 Å². The molecule has 1 fully saturated rings. The van der Waals surface area contributed by atoms with E-state index in [0.717, 1.165) is 30.5 Å². The minimum Gasteiger partial charge on any atom is -0.481 e. The van der Waals surface area contributed by atoms with Gasteiger partial charge < -0.3 is 15.3 Å². The van der Waals surface area contributed by atoms with Crippen LogP contribution in [0.5, 0.6) is 0 Å². The van der Waals surface area contributed by atoms with Crippen molar-refractivity contribution in [1.29, 1.82) is 0 Å². The molecule has 0 bridgehead atoms. The Hall–Kier alpha value is -1.88. The zero-order valence-corrected chi connectivity index (χ0v) is 11.9. The second kappa shape index (κ2) is 5.85. The van der Waals surface area contributed by atoms with Crippen molar-refractivity contribution in [2.75, 3.05) is 13.1 Å². The van der Waals surface area contributed by atoms with Gasteiger partial charge in [-0.05, 0) is 24.0 Å². The van der Waals surface area contributed by atoms with E-state index in [4.69, 9.17) is 5.11 Å². The molecule has 1 aromatic rings. The molecule has 112 valence electrons. The lowest BCUT2D eigenvalue weighted by atomic mass is 9.89. The van der Waals surface area contributed by atoms with Crippen LogP contribution in [0.3, 0.4) is 0 Å². The first-order valence-electron chi connectivity index (χ1n) is 7.47. The number of hydrogen-bond acceptors (Lipinski definition) is 3. The van der Waals surface area contributed by atoms with Crippen molar-refractivity contribution in [1.82, 2.24) is 10.2 Å². The number of aliphatic carboxylic acids is 1. The zero-order valence-electron chi connectivity index (χ0n) is 11.9. The third kappa shape index (κ3) is 2.78. The number of nitrogens with zero attached hydrogens (tertiary/aromatic N) is 1. The fourth-order valence-corrected chi connectivity index (χ4v) is 3.46. The van der Waals surface area contributed by atoms with Gasteiger partial charge in [0.1, 0.15) is 0 Å². The van der Waals surface area contributed by atoms with Crippen molar-refractivity contribution in [3.05, 3.63) is 35.4 Å². The Bertz CT molecular complexity index is 558. The summed E-state index contributed by atoms with van der Waals surface area (Å²) in [6.07, 6.45) is 1.73. The number of benzene rings is 1. The van der Waals surface area contributed by atoms with Crippen LogP contribution in [0.2, 0.25) is 0 Å². The highest BCUT2D eigenvalue weighted by Crippen LogP contribution is 2.29. The van der Waals surface area contributed by atoms with Gasteiger partial charge >= 0.3 is 5.97 Å². The van der Waals surface area contributed by atoms with E-state index in [1.807, 2.05) is 24.3 Å². The molecule has 0 radical (unpaired) electrons. The SMILES string of the molecule is O=C(O)CC1CCCN1C(=O)C1CNCc2ccccc21. The Labute approximate surface area is 123 Å². The van der Waals surface area contributed by atoms with E-state index >= 15 is 0 Å². The second-order valence-corrected chi connectivity index (χ2v) is 5.81. The Balaban J connectivity index is 1.81. The maximum absolute atomic E-state index is 12.8. The molecular formula is C16H20N2O3. The molecule has 21 heavy (non-hydrogen) atoms. The predicted molar refractivity (Wildman–Crippen MR) is 77.9 cm³/mol. The Morgan fingerprint density at radius 2 is 2.14 bits per heavy atom. The van der Waals surface area contributed by atoms with Crippen molar-refractivity contribution >= 4 is 11.9 Å². The Morgan fingerprint density at radius 1 is 1.33 bits per heavy atom. The topological polar surface area (TPSA) is 69.6 Å². The third-order valence-electron chi connectivity index (χ3n) is 4.46. The van der Waals surface area contributed by atoms with Crippen molar-refractivity contribution in [3.8, 4) is 0 Å². The van der Waals surface area contributed by atoms with E-state index in [1.54, 1.807) is 4.90 Å². The molecule has 0 aromatic heterocycles. The minimum atomic E-state index is -0.832. The van der Waals surface area contributed by atoms with Gasteiger partial charge in [-0.15, -0.1) is 0 Å². The molecule has 2 aliphatic heterocycles. The monoisotopic (exact) mass is 288 g/mol. The van der Waals surface area contributed by atoms with Gasteiger partial charge in [0.25, 0.3) is 0 Å². The van der Waals surface area contributed by atoms with Crippen LogP contribution in [0.25, 0.3) is 0 Å². The first-order chi connectivity index (χ1) is 10.2. The van der Waals surface area contributed by atoms with E-state index in [1.165, 1.54) is 0 Å². The molecule has 3 rings (SSSR count). The van der Waals surface area contributed by atoms with E-state index < -0.39 is 5.97 Å². The molecule has 2 N–H and O–H groups in total. The number of fused-ring (bicyclic) bond motifs is 1. The first kappa shape index (κ1) is 14.1. The molecule has 2 unspecified atom stereocenters. The molecule has 5 nitrogen and oxygen atoms in total. The van der Waals surface area contributed by atoms with Crippen LogP contribution >= 0.6 is 0 Å². The van der Waals surface area contributed by atoms with Crippen LogP contribution in [0, 0.1) is 0 Å². The van der Waals surface area contributed by atoms with Gasteiger partial charge in [-0.25, -0.2) is 0 Å². The fraction of sp³-hybridized carbons (Fsp3) is 0.500. The van der Waals surface area contributed by atoms with Gasteiger partial charge in [-0.2, -0.15) is 0 Å². The van der Waals surface area contributed by atoms with Gasteiger partial charge in [-0.3, -0.25) is 9.59 Å². The van der Waals surface area contributed by atoms with Gasteiger partial charge in [0.05, 0.1) is 12.3 Å². The summed E-state index contributed by atoms with van der Waals surface area (Å²) in [6.45, 7) is 2.10. The second-order valence-electron chi connectivity index (χ2n) is 5.81. The van der Waals surface area contributed by atoms with Crippen LogP contribution in [-0.4, -0.2) is 41.0 Å². The van der Waals surface area contributed by atoms with E-state index in [2.05, 4.69) is 5.32 Å². The molecule has 2 heterocycles. The average Bonchev–Trinajstić information content (AvgIpc) is 2.93. The summed E-state index contributed by atoms with van der Waals surface area (Å²) in [6, 6.07) is 7.85. The molecule has 0 aliphatic carbocycles. The van der Waals surface area contributed by atoms with Gasteiger partial charge in [0.2, 0.25) is 5.91 Å². The van der Waals surface area contributed by atoms with Crippen molar-refractivity contribution < 1.29 is 14.7 Å². The minimum absolute atomic E-state index is 0.0491. The van der Waals surface area contributed by atoms with Crippen molar-refractivity contribution in [2.45, 2.75) is 37.8 Å². The van der Waals surface area contributed by atoms with Crippen LogP contribution < -0.4 is 5.32 Å². The number of carboxylic acid groups (broad SMARTS) is 1. The highest BCUT2D eigenvalue weighted by molar-refractivity contribution is 5.85. The summed E-state index contributed by atoms with van der Waals surface area (Å²) < 4.78 is 0. The van der Waals surface area contributed by atoms with E-state index in [-0.39, 0.29) is 24.3 Å². The normalized spacial score (nSPS) is 24.7. The smallest absolute Gasteiger partial charge is 0.305 e. The first-order valence-corrected chi connectivity index (χ1v) is 7.47. The molecule has 2 atom stereocenters. The number of carbonyl (C=O) groups excluding carboxylic acids is 1. The molecule has 1 saturated heterocycles. The van der Waals surface area contributed by atoms with E-state index in [0.29, 0.717) is 13.1 Å². The Kier molecular flexibility index (Phi) is 3.92. The van der Waals surface area contributed by atoms with Crippen molar-refractivity contribution in [3.63, 3.8) is 0 Å². The summed E-state index contributed by atoms with van der Waals surface area (Å²) in [7, 11) is 0. The van der Waals surface area contributed by atoms with Gasteiger partial charge in [0, 0.05) is 25.7 Å². The zero-order chi connectivity index (χ0) is 14.8. The quantitative estimate of drug-likeness (QED) is 0.880. The van der Waals surface area contributed by atoms with E-state index in [9.17, 15) is 9.59 Å². The predicted octanol–water partition coefficient (Wildman–Crippen LogP) is 1.34. The van der Waals surface area contributed by atoms with Crippen LogP contribution in [0.15, 0.2) is 24.3 Å². The van der Waals surface area contributed by atoms with Crippen molar-refractivity contribution in [2.24, 2.45) is 0 Å². The molecule has 5 heteroatoms. The maximum atomic E-state index is 12.8. The average molecular weight is 288 g/mol. The lowest BCUT2D eigenvalue weighted by Crippen LogP contribution is -2.44. The molecular weight excluding hydrogens is 268 g/mol. The summed E-state index contributed by atoms with van der Waals surface area (Å²) in [5.74, 6) is -0.954. The molecule has 1 aromatic carbocycles. The van der Waals surface area contributed by atoms with Gasteiger partial charge in [0.15, 0.2) is 0 Å². The summed E-state index contributed by atoms with van der Waals surface area (Å²) in [5, 5.41) is 12.3. The fourth-order valence-electron chi connectivity index (χ4n) is 3.46. The molecule has 2 aliphatic rings. The van der Waals surface area contributed by atoms with Crippen LogP contribution in [0.1, 0.15) is 36.3 Å². The van der Waals surface area contributed by atoms with Gasteiger partial charge in [-0.1, -0.05) is 24.3 Å². The number of likely N-dealkylation sites (tertiary alicyclic amines) is 1. The molecule has 0 spiro atoms. The summed E-state index contributed by atoms with van der Waals surface area (Å²) in [4.78, 5) is 25.6. The Morgan fingerprint density at radius 3 is 2.95 bits per heavy atom. The number of carboxylic acids is 1. The number of hydrogen-bond donors (Lipinski definition) is 2. The third-order valence-corrected chi connectivity index (χ3v) is 4.46. The number of carbonyl (C=O) groups is 2. The lowest BCUT2D eigenvalue weighted by Gasteiger charge is -2.32. The highest BCUT2D eigenvalue weighted by atomic mass is 16.4. The molecule has 1 amide bonds. The highest BCUT2D eigenvalue weighted by Gasteiger charge is 2.36. The maximum Gasteiger partial charge on any atom is 0.305 e.